The number of rotatable bonds is 4. The van der Waals surface area contributed by atoms with Crippen molar-refractivity contribution in [2.45, 2.75) is 6.92 Å². The SMILES string of the molecule is CCN(CC(N)=O)C(=O)c1ccc(F)cc1C#CCN. The van der Waals surface area contributed by atoms with Crippen LogP contribution in [0.5, 0.6) is 0 Å². The summed E-state index contributed by atoms with van der Waals surface area (Å²) in [6.45, 7) is 1.93. The monoisotopic (exact) mass is 277 g/mol. The second-order valence-corrected chi connectivity index (χ2v) is 3.98. The van der Waals surface area contributed by atoms with E-state index in [0.29, 0.717) is 6.54 Å². The summed E-state index contributed by atoms with van der Waals surface area (Å²) < 4.78 is 13.2. The van der Waals surface area contributed by atoms with E-state index in [9.17, 15) is 14.0 Å². The molecule has 1 rings (SSSR count). The molecular weight excluding hydrogens is 261 g/mol. The highest BCUT2D eigenvalue weighted by Gasteiger charge is 2.19. The molecule has 0 atom stereocenters. The molecule has 0 aliphatic heterocycles. The van der Waals surface area contributed by atoms with Crippen molar-refractivity contribution in [3.63, 3.8) is 0 Å². The molecule has 0 saturated carbocycles. The Balaban J connectivity index is 3.16. The van der Waals surface area contributed by atoms with Gasteiger partial charge >= 0.3 is 0 Å². The first-order valence-corrected chi connectivity index (χ1v) is 6.05. The lowest BCUT2D eigenvalue weighted by atomic mass is 10.1. The van der Waals surface area contributed by atoms with Crippen molar-refractivity contribution in [1.29, 1.82) is 0 Å². The molecule has 0 heterocycles. The summed E-state index contributed by atoms with van der Waals surface area (Å²) in [5, 5.41) is 0. The maximum absolute atomic E-state index is 13.2. The molecule has 1 aromatic rings. The Bertz CT molecular complexity index is 576. The van der Waals surface area contributed by atoms with Crippen LogP contribution in [0.2, 0.25) is 0 Å². The van der Waals surface area contributed by atoms with Gasteiger partial charge in [-0.05, 0) is 25.1 Å². The number of nitrogens with two attached hydrogens (primary N) is 2. The number of amides is 2. The van der Waals surface area contributed by atoms with E-state index in [1.165, 1.54) is 17.0 Å². The third-order valence-electron chi connectivity index (χ3n) is 2.55. The van der Waals surface area contributed by atoms with Gasteiger partial charge in [-0.15, -0.1) is 0 Å². The molecule has 2 amide bonds. The van der Waals surface area contributed by atoms with Crippen LogP contribution in [0.4, 0.5) is 4.39 Å². The number of primary amides is 1. The zero-order valence-electron chi connectivity index (χ0n) is 11.1. The van der Waals surface area contributed by atoms with Gasteiger partial charge in [-0.2, -0.15) is 0 Å². The van der Waals surface area contributed by atoms with Gasteiger partial charge in [-0.3, -0.25) is 9.59 Å². The number of carbonyl (C=O) groups is 2. The molecule has 0 spiro atoms. The van der Waals surface area contributed by atoms with Gasteiger partial charge in [0.2, 0.25) is 5.91 Å². The second kappa shape index (κ2) is 7.26. The van der Waals surface area contributed by atoms with E-state index in [2.05, 4.69) is 11.8 Å². The minimum atomic E-state index is -0.614. The van der Waals surface area contributed by atoms with Crippen LogP contribution in [0.25, 0.3) is 0 Å². The van der Waals surface area contributed by atoms with E-state index in [1.54, 1.807) is 6.92 Å². The minimum absolute atomic E-state index is 0.100. The molecule has 1 aromatic carbocycles. The number of likely N-dealkylation sites (N-methyl/N-ethyl adjacent to an activating group) is 1. The minimum Gasteiger partial charge on any atom is -0.368 e. The Morgan fingerprint density at radius 1 is 1.40 bits per heavy atom. The highest BCUT2D eigenvalue weighted by molar-refractivity contribution is 5.98. The predicted molar refractivity (Wildman–Crippen MR) is 73.1 cm³/mol. The lowest BCUT2D eigenvalue weighted by molar-refractivity contribution is -0.118. The zero-order valence-corrected chi connectivity index (χ0v) is 11.1. The molecule has 0 aromatic heterocycles. The summed E-state index contributed by atoms with van der Waals surface area (Å²) in [6, 6.07) is 3.66. The molecule has 4 N–H and O–H groups in total. The van der Waals surface area contributed by atoms with E-state index < -0.39 is 17.6 Å². The first kappa shape index (κ1) is 15.7. The predicted octanol–water partition coefficient (Wildman–Crippen LogP) is 0.0833. The lowest BCUT2D eigenvalue weighted by Crippen LogP contribution is -2.38. The molecule has 20 heavy (non-hydrogen) atoms. The highest BCUT2D eigenvalue weighted by atomic mass is 19.1. The van der Waals surface area contributed by atoms with Crippen LogP contribution in [0.1, 0.15) is 22.8 Å². The summed E-state index contributed by atoms with van der Waals surface area (Å²) in [7, 11) is 0. The first-order valence-electron chi connectivity index (χ1n) is 6.05. The van der Waals surface area contributed by atoms with Gasteiger partial charge in [-0.1, -0.05) is 11.8 Å². The number of halogens is 1. The Kier molecular flexibility index (Phi) is 5.69. The molecule has 0 bridgehead atoms. The molecule has 0 aliphatic rings. The molecule has 5 nitrogen and oxygen atoms in total. The van der Waals surface area contributed by atoms with Gasteiger partial charge in [-0.25, -0.2) is 4.39 Å². The molecule has 0 unspecified atom stereocenters. The van der Waals surface area contributed by atoms with Crippen molar-refractivity contribution >= 4 is 11.8 Å². The summed E-state index contributed by atoms with van der Waals surface area (Å²) in [5.41, 5.74) is 10.8. The number of nitrogens with zero attached hydrogens (tertiary/aromatic N) is 1. The number of benzene rings is 1. The summed E-state index contributed by atoms with van der Waals surface area (Å²) in [5.74, 6) is 3.69. The molecular formula is C14H16FN3O2. The second-order valence-electron chi connectivity index (χ2n) is 3.98. The number of hydrogen-bond acceptors (Lipinski definition) is 3. The van der Waals surface area contributed by atoms with Crippen LogP contribution in [-0.4, -0.2) is 36.3 Å². The third kappa shape index (κ3) is 4.07. The van der Waals surface area contributed by atoms with Crippen LogP contribution in [-0.2, 0) is 4.79 Å². The topological polar surface area (TPSA) is 89.4 Å². The highest BCUT2D eigenvalue weighted by Crippen LogP contribution is 2.13. The Hall–Kier alpha value is -2.39. The average molecular weight is 277 g/mol. The number of carbonyl (C=O) groups excluding carboxylic acids is 2. The molecule has 106 valence electrons. The van der Waals surface area contributed by atoms with Crippen LogP contribution in [0.15, 0.2) is 18.2 Å². The fourth-order valence-electron chi connectivity index (χ4n) is 1.64. The standard InChI is InChI=1S/C14H16FN3O2/c1-2-18(9-13(17)19)14(20)12-6-5-11(15)8-10(12)4-3-7-16/h5-6,8H,2,7,9,16H2,1H3,(H2,17,19). The third-order valence-corrected chi connectivity index (χ3v) is 2.55. The van der Waals surface area contributed by atoms with E-state index >= 15 is 0 Å². The molecule has 0 fully saturated rings. The fourth-order valence-corrected chi connectivity index (χ4v) is 1.64. The van der Waals surface area contributed by atoms with Gasteiger partial charge in [0.15, 0.2) is 0 Å². The van der Waals surface area contributed by atoms with E-state index in [0.717, 1.165) is 6.07 Å². The summed E-state index contributed by atoms with van der Waals surface area (Å²) in [4.78, 5) is 24.5. The fraction of sp³-hybridized carbons (Fsp3) is 0.286. The van der Waals surface area contributed by atoms with Crippen molar-refractivity contribution in [3.05, 3.63) is 35.1 Å². The quantitative estimate of drug-likeness (QED) is 0.764. The van der Waals surface area contributed by atoms with Crippen molar-refractivity contribution < 1.29 is 14.0 Å². The van der Waals surface area contributed by atoms with Crippen molar-refractivity contribution in [1.82, 2.24) is 4.90 Å². The van der Waals surface area contributed by atoms with E-state index in [1.807, 2.05) is 0 Å². The molecule has 0 aliphatic carbocycles. The van der Waals surface area contributed by atoms with Crippen molar-refractivity contribution in [3.8, 4) is 11.8 Å². The Labute approximate surface area is 116 Å². The van der Waals surface area contributed by atoms with Crippen molar-refractivity contribution in [2.24, 2.45) is 11.5 Å². The van der Waals surface area contributed by atoms with Gasteiger partial charge in [0.25, 0.3) is 5.91 Å². The molecule has 6 heteroatoms. The van der Waals surface area contributed by atoms with Gasteiger partial charge in [0.05, 0.1) is 18.7 Å². The van der Waals surface area contributed by atoms with Crippen molar-refractivity contribution in [2.75, 3.05) is 19.6 Å². The van der Waals surface area contributed by atoms with Crippen LogP contribution in [0.3, 0.4) is 0 Å². The first-order chi connectivity index (χ1) is 9.49. The maximum Gasteiger partial charge on any atom is 0.255 e. The smallest absolute Gasteiger partial charge is 0.255 e. The largest absolute Gasteiger partial charge is 0.368 e. The van der Waals surface area contributed by atoms with E-state index in [4.69, 9.17) is 11.5 Å². The molecule has 0 saturated heterocycles. The zero-order chi connectivity index (χ0) is 15.1. The van der Waals surface area contributed by atoms with Crippen LogP contribution in [0, 0.1) is 17.7 Å². The van der Waals surface area contributed by atoms with Gasteiger partial charge < -0.3 is 16.4 Å². The summed E-state index contributed by atoms with van der Waals surface area (Å²) >= 11 is 0. The van der Waals surface area contributed by atoms with Gasteiger partial charge in [0.1, 0.15) is 5.82 Å². The summed E-state index contributed by atoms with van der Waals surface area (Å²) in [6.07, 6.45) is 0. The number of hydrogen-bond donors (Lipinski definition) is 2. The Morgan fingerprint density at radius 3 is 2.65 bits per heavy atom. The Morgan fingerprint density at radius 2 is 2.10 bits per heavy atom. The van der Waals surface area contributed by atoms with Gasteiger partial charge in [0, 0.05) is 12.1 Å². The van der Waals surface area contributed by atoms with E-state index in [-0.39, 0.29) is 24.2 Å². The molecule has 0 radical (unpaired) electrons. The maximum atomic E-state index is 13.2. The average Bonchev–Trinajstić information content (AvgIpc) is 2.41. The van der Waals surface area contributed by atoms with Crippen LogP contribution >= 0.6 is 0 Å². The lowest BCUT2D eigenvalue weighted by Gasteiger charge is -2.19. The normalized spacial score (nSPS) is 9.55. The van der Waals surface area contributed by atoms with Crippen LogP contribution < -0.4 is 11.5 Å².